The van der Waals surface area contributed by atoms with Crippen molar-refractivity contribution < 1.29 is 9.59 Å². The Hall–Kier alpha value is -2.17. The third-order valence-corrected chi connectivity index (χ3v) is 6.26. The average molecular weight is 395 g/mol. The molecule has 130 valence electrons. The lowest BCUT2D eigenvalue weighted by molar-refractivity contribution is -0.119. The summed E-state index contributed by atoms with van der Waals surface area (Å²) in [5, 5.41) is 2.75. The van der Waals surface area contributed by atoms with Gasteiger partial charge in [0.15, 0.2) is 5.16 Å². The smallest absolute Gasteiger partial charge is 0.279 e. The molecule has 0 saturated carbocycles. The third kappa shape index (κ3) is 3.91. The van der Waals surface area contributed by atoms with Crippen molar-refractivity contribution in [3.05, 3.63) is 43.2 Å². The summed E-state index contributed by atoms with van der Waals surface area (Å²) < 4.78 is 0. The van der Waals surface area contributed by atoms with Crippen LogP contribution in [0.1, 0.15) is 20.1 Å². The van der Waals surface area contributed by atoms with E-state index in [1.807, 2.05) is 13.8 Å². The van der Waals surface area contributed by atoms with Crippen LogP contribution in [-0.4, -0.2) is 27.5 Å². The molecule has 0 spiro atoms. The molecular formula is C15H14N4O3S3. The van der Waals surface area contributed by atoms with E-state index < -0.39 is 5.91 Å². The highest BCUT2D eigenvalue weighted by atomic mass is 32.2. The zero-order chi connectivity index (χ0) is 18.0. The summed E-state index contributed by atoms with van der Waals surface area (Å²) in [6, 6.07) is 3.42. The summed E-state index contributed by atoms with van der Waals surface area (Å²) in [7, 11) is 0. The summed E-state index contributed by atoms with van der Waals surface area (Å²) in [6.45, 7) is 3.83. The van der Waals surface area contributed by atoms with Crippen molar-refractivity contribution in [1.82, 2.24) is 20.8 Å². The van der Waals surface area contributed by atoms with Gasteiger partial charge in [0.2, 0.25) is 5.91 Å². The molecule has 3 heterocycles. The summed E-state index contributed by atoms with van der Waals surface area (Å²) in [5.74, 6) is -0.746. The minimum Gasteiger partial charge on any atom is -0.301 e. The van der Waals surface area contributed by atoms with Crippen LogP contribution < -0.4 is 16.4 Å². The lowest BCUT2D eigenvalue weighted by Gasteiger charge is -2.05. The molecule has 3 aromatic rings. The first-order valence-corrected chi connectivity index (χ1v) is 9.89. The molecule has 0 fully saturated rings. The fraction of sp³-hybridized carbons (Fsp3) is 0.200. The summed E-state index contributed by atoms with van der Waals surface area (Å²) >= 11 is 3.84. The first kappa shape index (κ1) is 17.6. The number of amides is 2. The molecule has 7 nitrogen and oxygen atoms in total. The molecule has 3 aromatic heterocycles. The van der Waals surface area contributed by atoms with Crippen LogP contribution in [0.5, 0.6) is 0 Å². The molecule has 0 radical (unpaired) electrons. The molecule has 10 heteroatoms. The van der Waals surface area contributed by atoms with Crippen LogP contribution in [0, 0.1) is 13.8 Å². The Labute approximate surface area is 154 Å². The number of carbonyl (C=O) groups excluding carboxylic acids is 2. The lowest BCUT2D eigenvalue weighted by Crippen LogP contribution is -2.42. The van der Waals surface area contributed by atoms with E-state index in [2.05, 4.69) is 20.8 Å². The number of hydrogen-bond acceptors (Lipinski definition) is 7. The number of aromatic amines is 1. The fourth-order valence-electron chi connectivity index (χ4n) is 2.07. The van der Waals surface area contributed by atoms with Gasteiger partial charge >= 0.3 is 0 Å². The number of carbonyl (C=O) groups is 2. The first-order valence-electron chi connectivity index (χ1n) is 7.21. The summed E-state index contributed by atoms with van der Waals surface area (Å²) in [4.78, 5) is 45.0. The molecule has 2 amide bonds. The molecular weight excluding hydrogens is 380 g/mol. The highest BCUT2D eigenvalue weighted by molar-refractivity contribution is 7.99. The Bertz CT molecular complexity index is 992. The number of nitrogens with one attached hydrogen (secondary N) is 3. The van der Waals surface area contributed by atoms with Gasteiger partial charge in [-0.1, -0.05) is 17.8 Å². The molecule has 0 aromatic carbocycles. The van der Waals surface area contributed by atoms with Crippen molar-refractivity contribution in [1.29, 1.82) is 0 Å². The molecule has 0 unspecified atom stereocenters. The van der Waals surface area contributed by atoms with Crippen molar-refractivity contribution in [2.45, 2.75) is 19.0 Å². The number of rotatable bonds is 4. The van der Waals surface area contributed by atoms with E-state index in [9.17, 15) is 14.4 Å². The Morgan fingerprint density at radius 1 is 1.32 bits per heavy atom. The second-order valence-electron chi connectivity index (χ2n) is 5.10. The van der Waals surface area contributed by atoms with E-state index in [1.54, 1.807) is 17.5 Å². The zero-order valence-electron chi connectivity index (χ0n) is 13.3. The molecule has 0 aliphatic carbocycles. The molecule has 0 aliphatic rings. The SMILES string of the molecule is Cc1sc2nc(SCC(=O)NNC(=O)c3cccs3)[nH]c(=O)c2c1C. The van der Waals surface area contributed by atoms with Crippen LogP contribution in [-0.2, 0) is 4.79 Å². The monoisotopic (exact) mass is 394 g/mol. The number of nitrogens with zero attached hydrogens (tertiary/aromatic N) is 1. The molecule has 0 atom stereocenters. The topological polar surface area (TPSA) is 104 Å². The predicted octanol–water partition coefficient (Wildman–Crippen LogP) is 2.22. The van der Waals surface area contributed by atoms with Crippen LogP contribution in [0.2, 0.25) is 0 Å². The third-order valence-electron chi connectivity index (χ3n) is 3.42. The maximum atomic E-state index is 12.2. The largest absolute Gasteiger partial charge is 0.301 e. The molecule has 3 rings (SSSR count). The first-order chi connectivity index (χ1) is 12.0. The number of H-pyrrole nitrogens is 1. The Morgan fingerprint density at radius 2 is 2.12 bits per heavy atom. The van der Waals surface area contributed by atoms with Gasteiger partial charge in [-0.05, 0) is 30.9 Å². The number of fused-ring (bicyclic) bond motifs is 1. The van der Waals surface area contributed by atoms with E-state index in [0.29, 0.717) is 20.3 Å². The van der Waals surface area contributed by atoms with Crippen molar-refractivity contribution in [3.8, 4) is 0 Å². The standard InChI is InChI=1S/C15H14N4O3S3/c1-7-8(2)25-14-11(7)13(22)16-15(17-14)24-6-10(20)18-19-12(21)9-4-3-5-23-9/h3-5H,6H2,1-2H3,(H,18,20)(H,19,21)(H,16,17,22). The van der Waals surface area contributed by atoms with Gasteiger partial charge < -0.3 is 4.98 Å². The molecule has 0 aliphatic heterocycles. The van der Waals surface area contributed by atoms with Crippen molar-refractivity contribution >= 4 is 56.5 Å². The lowest BCUT2D eigenvalue weighted by atomic mass is 10.2. The van der Waals surface area contributed by atoms with Crippen molar-refractivity contribution in [2.75, 3.05) is 5.75 Å². The average Bonchev–Trinajstić information content (AvgIpc) is 3.20. The van der Waals surface area contributed by atoms with Gasteiger partial charge in [0.25, 0.3) is 11.5 Å². The summed E-state index contributed by atoms with van der Waals surface area (Å²) in [5.41, 5.74) is 5.40. The molecule has 0 saturated heterocycles. The summed E-state index contributed by atoms with van der Waals surface area (Å²) in [6.07, 6.45) is 0. The number of aromatic nitrogens is 2. The van der Waals surface area contributed by atoms with Crippen molar-refractivity contribution in [2.24, 2.45) is 0 Å². The number of hydrogen-bond donors (Lipinski definition) is 3. The quantitative estimate of drug-likeness (QED) is 0.358. The number of thiophene rings is 2. The van der Waals surface area contributed by atoms with Gasteiger partial charge in [0, 0.05) is 4.88 Å². The Morgan fingerprint density at radius 3 is 2.84 bits per heavy atom. The van der Waals surface area contributed by atoms with Gasteiger partial charge in [0.05, 0.1) is 16.0 Å². The van der Waals surface area contributed by atoms with Gasteiger partial charge in [-0.15, -0.1) is 22.7 Å². The van der Waals surface area contributed by atoms with Crippen LogP contribution >= 0.6 is 34.4 Å². The van der Waals surface area contributed by atoms with Crippen LogP contribution in [0.15, 0.2) is 27.5 Å². The van der Waals surface area contributed by atoms with E-state index in [0.717, 1.165) is 22.2 Å². The van der Waals surface area contributed by atoms with E-state index in [-0.39, 0.29) is 17.2 Å². The number of thioether (sulfide) groups is 1. The highest BCUT2D eigenvalue weighted by Gasteiger charge is 2.13. The maximum absolute atomic E-state index is 12.2. The molecule has 25 heavy (non-hydrogen) atoms. The van der Waals surface area contributed by atoms with Crippen LogP contribution in [0.4, 0.5) is 0 Å². The number of hydrazine groups is 1. The molecule has 3 N–H and O–H groups in total. The van der Waals surface area contributed by atoms with Crippen LogP contribution in [0.25, 0.3) is 10.2 Å². The van der Waals surface area contributed by atoms with Gasteiger partial charge in [-0.3, -0.25) is 25.2 Å². The number of aryl methyl sites for hydroxylation is 2. The fourth-order valence-corrected chi connectivity index (χ4v) is 4.44. The maximum Gasteiger partial charge on any atom is 0.279 e. The Kier molecular flexibility index (Phi) is 5.21. The minimum absolute atomic E-state index is 0.0164. The second-order valence-corrected chi connectivity index (χ2v) is 8.22. The normalized spacial score (nSPS) is 10.8. The van der Waals surface area contributed by atoms with Crippen molar-refractivity contribution in [3.63, 3.8) is 0 Å². The van der Waals surface area contributed by atoms with Crippen LogP contribution in [0.3, 0.4) is 0 Å². The highest BCUT2D eigenvalue weighted by Crippen LogP contribution is 2.27. The zero-order valence-corrected chi connectivity index (χ0v) is 15.8. The van der Waals surface area contributed by atoms with E-state index in [1.165, 1.54) is 22.7 Å². The second kappa shape index (κ2) is 7.38. The van der Waals surface area contributed by atoms with E-state index in [4.69, 9.17) is 0 Å². The molecule has 0 bridgehead atoms. The van der Waals surface area contributed by atoms with Gasteiger partial charge in [0.1, 0.15) is 4.83 Å². The minimum atomic E-state index is -0.392. The van der Waals surface area contributed by atoms with Gasteiger partial charge in [-0.2, -0.15) is 0 Å². The van der Waals surface area contributed by atoms with Gasteiger partial charge in [-0.25, -0.2) is 4.98 Å². The Balaban J connectivity index is 1.60. The predicted molar refractivity (Wildman–Crippen MR) is 100 cm³/mol. The van der Waals surface area contributed by atoms with E-state index >= 15 is 0 Å².